The van der Waals surface area contributed by atoms with Crippen LogP contribution in [0.1, 0.15) is 77.5 Å². The normalized spacial score (nSPS) is 11.1. The molecule has 0 aromatic heterocycles. The number of likely N-dealkylation sites (N-methyl/N-ethyl adjacent to an activating group) is 1. The molecule has 2 unspecified atom stereocenters. The fourth-order valence-electron chi connectivity index (χ4n) is 3.36. The van der Waals surface area contributed by atoms with Gasteiger partial charge in [-0.25, -0.2) is 4.39 Å². The SMILES string of the molecule is CC.CCC(C)CCN(C)CCc1ccc(P)cc1F.CCCc1ccc(NC(C)=O)cc1C. The maximum atomic E-state index is 13.6. The van der Waals surface area contributed by atoms with Gasteiger partial charge in [0.15, 0.2) is 0 Å². The molecular weight excluding hydrogens is 442 g/mol. The topological polar surface area (TPSA) is 32.3 Å². The van der Waals surface area contributed by atoms with Gasteiger partial charge in [-0.05, 0) is 85.9 Å². The molecule has 34 heavy (non-hydrogen) atoms. The lowest BCUT2D eigenvalue weighted by Gasteiger charge is -2.18. The second-order valence-corrected chi connectivity index (χ2v) is 9.45. The molecule has 192 valence electrons. The third kappa shape index (κ3) is 13.8. The summed E-state index contributed by atoms with van der Waals surface area (Å²) in [4.78, 5) is 13.1. The smallest absolute Gasteiger partial charge is 0.221 e. The molecule has 0 saturated heterocycles. The zero-order valence-electron chi connectivity index (χ0n) is 22.8. The monoisotopic (exact) mass is 490 g/mol. The number of hydrogen-bond acceptors (Lipinski definition) is 2. The van der Waals surface area contributed by atoms with Gasteiger partial charge >= 0.3 is 0 Å². The van der Waals surface area contributed by atoms with Crippen molar-refractivity contribution in [3.05, 3.63) is 58.9 Å². The number of hydrogen-bond donors (Lipinski definition) is 1. The van der Waals surface area contributed by atoms with E-state index < -0.39 is 0 Å². The molecule has 0 radical (unpaired) electrons. The number of nitrogens with one attached hydrogen (secondary N) is 1. The molecule has 2 atom stereocenters. The van der Waals surface area contributed by atoms with E-state index in [1.54, 1.807) is 6.07 Å². The van der Waals surface area contributed by atoms with Gasteiger partial charge in [0.25, 0.3) is 0 Å². The highest BCUT2D eigenvalue weighted by molar-refractivity contribution is 7.27. The summed E-state index contributed by atoms with van der Waals surface area (Å²) in [5.41, 5.74) is 4.31. The van der Waals surface area contributed by atoms with Crippen molar-refractivity contribution >= 4 is 26.1 Å². The number of halogens is 1. The van der Waals surface area contributed by atoms with Crippen LogP contribution in [0.4, 0.5) is 10.1 Å². The third-order valence-electron chi connectivity index (χ3n) is 5.72. The van der Waals surface area contributed by atoms with Crippen molar-refractivity contribution in [2.24, 2.45) is 5.92 Å². The molecule has 0 bridgehead atoms. The van der Waals surface area contributed by atoms with Crippen molar-refractivity contribution in [1.82, 2.24) is 4.90 Å². The lowest BCUT2D eigenvalue weighted by Crippen LogP contribution is -2.24. The Morgan fingerprint density at radius 2 is 1.71 bits per heavy atom. The highest BCUT2D eigenvalue weighted by Crippen LogP contribution is 2.16. The average Bonchev–Trinajstić information content (AvgIpc) is 2.80. The molecule has 3 nitrogen and oxygen atoms in total. The van der Waals surface area contributed by atoms with Crippen LogP contribution >= 0.6 is 9.24 Å². The molecule has 0 aliphatic carbocycles. The van der Waals surface area contributed by atoms with Crippen LogP contribution in [0.5, 0.6) is 0 Å². The van der Waals surface area contributed by atoms with E-state index in [1.165, 1.54) is 30.9 Å². The quantitative estimate of drug-likeness (QED) is 0.358. The van der Waals surface area contributed by atoms with Crippen molar-refractivity contribution in [2.45, 2.75) is 80.6 Å². The second-order valence-electron chi connectivity index (χ2n) is 8.78. The van der Waals surface area contributed by atoms with E-state index in [4.69, 9.17) is 0 Å². The summed E-state index contributed by atoms with van der Waals surface area (Å²) < 4.78 is 13.6. The molecule has 1 amide bonds. The third-order valence-corrected chi connectivity index (χ3v) is 6.08. The minimum absolute atomic E-state index is 0.0207. The van der Waals surface area contributed by atoms with Crippen LogP contribution in [0.25, 0.3) is 0 Å². The number of amides is 1. The lowest BCUT2D eigenvalue weighted by atomic mass is 10.0. The Kier molecular flexibility index (Phi) is 17.6. The first-order valence-corrected chi connectivity index (χ1v) is 13.3. The molecule has 5 heteroatoms. The van der Waals surface area contributed by atoms with Crippen LogP contribution in [0.15, 0.2) is 36.4 Å². The number of carbonyl (C=O) groups is 1. The van der Waals surface area contributed by atoms with Crippen molar-refractivity contribution in [1.29, 1.82) is 0 Å². The maximum absolute atomic E-state index is 13.6. The Morgan fingerprint density at radius 1 is 1.06 bits per heavy atom. The van der Waals surface area contributed by atoms with Crippen LogP contribution in [0, 0.1) is 18.7 Å². The van der Waals surface area contributed by atoms with Crippen LogP contribution in [0.3, 0.4) is 0 Å². The Hall–Kier alpha value is -1.77. The van der Waals surface area contributed by atoms with Gasteiger partial charge < -0.3 is 10.2 Å². The summed E-state index contributed by atoms with van der Waals surface area (Å²) in [7, 11) is 4.64. The Bertz CT molecular complexity index is 841. The van der Waals surface area contributed by atoms with E-state index >= 15 is 0 Å². The number of benzene rings is 2. The van der Waals surface area contributed by atoms with Crippen LogP contribution in [-0.2, 0) is 17.6 Å². The van der Waals surface area contributed by atoms with Gasteiger partial charge in [0.05, 0.1) is 0 Å². The van der Waals surface area contributed by atoms with Gasteiger partial charge in [-0.2, -0.15) is 0 Å². The molecule has 2 aromatic carbocycles. The summed E-state index contributed by atoms with van der Waals surface area (Å²) in [6.45, 7) is 16.3. The van der Waals surface area contributed by atoms with E-state index in [-0.39, 0.29) is 11.7 Å². The Labute approximate surface area is 211 Å². The minimum atomic E-state index is -0.0853. The maximum Gasteiger partial charge on any atom is 0.221 e. The second kappa shape index (κ2) is 18.5. The first kappa shape index (κ1) is 32.2. The first-order chi connectivity index (χ1) is 16.2. The molecule has 2 rings (SSSR count). The fraction of sp³-hybridized carbons (Fsp3) is 0.552. The van der Waals surface area contributed by atoms with Crippen LogP contribution in [0.2, 0.25) is 0 Å². The van der Waals surface area contributed by atoms with Crippen LogP contribution in [-0.4, -0.2) is 30.9 Å². The molecule has 0 fully saturated rings. The zero-order valence-corrected chi connectivity index (χ0v) is 24.0. The number of rotatable bonds is 10. The summed E-state index contributed by atoms with van der Waals surface area (Å²) in [6.07, 6.45) is 5.50. The zero-order chi connectivity index (χ0) is 26.1. The molecule has 1 N–H and O–H groups in total. The number of nitrogens with zero attached hydrogens (tertiary/aromatic N) is 1. The summed E-state index contributed by atoms with van der Waals surface area (Å²) >= 11 is 0. The van der Waals surface area contributed by atoms with Gasteiger partial charge in [0.1, 0.15) is 5.82 Å². The minimum Gasteiger partial charge on any atom is -0.326 e. The summed E-state index contributed by atoms with van der Waals surface area (Å²) in [6, 6.07) is 11.5. The van der Waals surface area contributed by atoms with E-state index in [2.05, 4.69) is 60.3 Å². The van der Waals surface area contributed by atoms with Gasteiger partial charge in [0, 0.05) is 19.2 Å². The van der Waals surface area contributed by atoms with Gasteiger partial charge in [-0.3, -0.25) is 4.79 Å². The number of carbonyl (C=O) groups excluding carboxylic acids is 1. The van der Waals surface area contributed by atoms with Crippen LogP contribution < -0.4 is 10.6 Å². The molecule has 0 spiro atoms. The molecule has 2 aromatic rings. The fourth-order valence-corrected chi connectivity index (χ4v) is 3.60. The van der Waals surface area contributed by atoms with Crippen molar-refractivity contribution in [2.75, 3.05) is 25.5 Å². The van der Waals surface area contributed by atoms with Crippen molar-refractivity contribution < 1.29 is 9.18 Å². The van der Waals surface area contributed by atoms with E-state index in [9.17, 15) is 9.18 Å². The molecule has 0 aliphatic rings. The number of anilines is 1. The highest BCUT2D eigenvalue weighted by Gasteiger charge is 2.06. The van der Waals surface area contributed by atoms with Gasteiger partial charge in [-0.1, -0.05) is 65.7 Å². The van der Waals surface area contributed by atoms with Crippen molar-refractivity contribution in [3.63, 3.8) is 0 Å². The van der Waals surface area contributed by atoms with E-state index in [1.807, 2.05) is 38.1 Å². The average molecular weight is 491 g/mol. The highest BCUT2D eigenvalue weighted by atomic mass is 31.0. The number of aryl methyl sites for hydroxylation is 2. The van der Waals surface area contributed by atoms with E-state index in [0.717, 1.165) is 54.8 Å². The summed E-state index contributed by atoms with van der Waals surface area (Å²) in [5.74, 6) is 0.672. The summed E-state index contributed by atoms with van der Waals surface area (Å²) in [5, 5.41) is 3.68. The molecular formula is C29H48FN2OP. The lowest BCUT2D eigenvalue weighted by molar-refractivity contribution is -0.114. The van der Waals surface area contributed by atoms with Gasteiger partial charge in [0.2, 0.25) is 5.91 Å². The Morgan fingerprint density at radius 3 is 2.24 bits per heavy atom. The largest absolute Gasteiger partial charge is 0.326 e. The van der Waals surface area contributed by atoms with Gasteiger partial charge in [-0.15, -0.1) is 9.24 Å². The van der Waals surface area contributed by atoms with E-state index in [0.29, 0.717) is 0 Å². The standard InChI is InChI=1S/C15H25FNP.C12H17NO.C2H6/c1-4-12(2)7-9-17(3)10-8-13-5-6-14(18)11-15(13)16;1-4-5-11-6-7-12(8-9(11)2)13-10(3)14;1-2/h5-6,11-12H,4,7-10,18H2,1-3H3;6-8H,4-5H2,1-3H3,(H,13,14);1-2H3. The van der Waals surface area contributed by atoms with Crippen molar-refractivity contribution in [3.8, 4) is 0 Å². The predicted molar refractivity (Wildman–Crippen MR) is 152 cm³/mol. The molecule has 0 heterocycles. The molecule has 0 saturated carbocycles. The Balaban J connectivity index is 0.000000613. The first-order valence-electron chi connectivity index (χ1n) is 12.8. The predicted octanol–water partition coefficient (Wildman–Crippen LogP) is 7.17. The molecule has 0 aliphatic heterocycles.